The smallest absolute Gasteiger partial charge is 0.0819 e. The van der Waals surface area contributed by atoms with E-state index in [0.29, 0.717) is 11.6 Å². The molecule has 0 N–H and O–H groups in total. The molecule has 0 fully saturated rings. The molecule has 0 atom stereocenters. The predicted octanol–water partition coefficient (Wildman–Crippen LogP) is 6.37. The van der Waals surface area contributed by atoms with Crippen LogP contribution in [-0.4, -0.2) is 4.98 Å². The number of rotatable bonds is 3. The summed E-state index contributed by atoms with van der Waals surface area (Å²) < 4.78 is 1.14. The first kappa shape index (κ1) is 17.2. The van der Waals surface area contributed by atoms with E-state index in [0.717, 1.165) is 36.6 Å². The lowest BCUT2D eigenvalue weighted by Crippen LogP contribution is -2.04. The zero-order chi connectivity index (χ0) is 17.9. The van der Waals surface area contributed by atoms with Gasteiger partial charge in [-0.05, 0) is 54.1 Å². The van der Waals surface area contributed by atoms with Gasteiger partial charge in [-0.1, -0.05) is 41.4 Å². The third-order valence-electron chi connectivity index (χ3n) is 3.97. The summed E-state index contributed by atoms with van der Waals surface area (Å²) in [5, 5.41) is 3.40. The van der Waals surface area contributed by atoms with E-state index in [4.69, 9.17) is 28.2 Å². The summed E-state index contributed by atoms with van der Waals surface area (Å²) in [7, 11) is 0. The van der Waals surface area contributed by atoms with E-state index in [-0.39, 0.29) is 0 Å². The van der Waals surface area contributed by atoms with Crippen LogP contribution in [0.4, 0.5) is 0 Å². The molecule has 0 radical (unpaired) electrons. The molecule has 0 aliphatic carbocycles. The Balaban J connectivity index is 1.88. The van der Waals surface area contributed by atoms with Crippen molar-refractivity contribution in [3.63, 3.8) is 0 Å². The van der Waals surface area contributed by atoms with Gasteiger partial charge in [0.2, 0.25) is 0 Å². The molecule has 4 rings (SSSR count). The normalized spacial score (nSPS) is 11.8. The minimum Gasteiger partial charge on any atom is -0.278 e. The fourth-order valence-electron chi connectivity index (χ4n) is 2.69. The molecule has 2 heterocycles. The molecule has 5 heteroatoms. The summed E-state index contributed by atoms with van der Waals surface area (Å²) in [4.78, 5) is 10.3. The minimum atomic E-state index is 0.525. The lowest BCUT2D eigenvalue weighted by molar-refractivity contribution is 0.956. The highest BCUT2D eigenvalue weighted by Gasteiger charge is 2.05. The molecule has 0 saturated heterocycles. The second-order valence-corrected chi connectivity index (χ2v) is 7.74. The first-order valence-electron chi connectivity index (χ1n) is 8.09. The van der Waals surface area contributed by atoms with Gasteiger partial charge in [-0.15, -0.1) is 11.3 Å². The number of halogens is 2. The molecule has 0 aliphatic heterocycles. The maximum Gasteiger partial charge on any atom is 0.0819 e. The van der Waals surface area contributed by atoms with Crippen LogP contribution < -0.4 is 5.36 Å². The second-order valence-electron chi connectivity index (χ2n) is 5.78. The van der Waals surface area contributed by atoms with Crippen molar-refractivity contribution in [2.75, 3.05) is 0 Å². The van der Waals surface area contributed by atoms with Gasteiger partial charge in [-0.2, -0.15) is 0 Å². The number of aromatic nitrogens is 1. The summed E-state index contributed by atoms with van der Waals surface area (Å²) in [6.07, 6.45) is 1.78. The van der Waals surface area contributed by atoms with Gasteiger partial charge in [0.1, 0.15) is 0 Å². The Hall–Kier alpha value is -2.20. The highest BCUT2D eigenvalue weighted by molar-refractivity contribution is 7.21. The Labute approximate surface area is 165 Å². The first-order chi connectivity index (χ1) is 12.7. The van der Waals surface area contributed by atoms with E-state index >= 15 is 0 Å². The van der Waals surface area contributed by atoms with Crippen molar-refractivity contribution in [1.29, 1.82) is 0 Å². The highest BCUT2D eigenvalue weighted by Crippen LogP contribution is 2.30. The molecule has 2 aromatic carbocycles. The molecule has 2 nitrogen and oxygen atoms in total. The summed E-state index contributed by atoms with van der Waals surface area (Å²) >= 11 is 14.0. The average Bonchev–Trinajstić information content (AvgIpc) is 2.67. The van der Waals surface area contributed by atoms with Crippen molar-refractivity contribution in [1.82, 2.24) is 4.98 Å². The fraction of sp³-hybridized carbons (Fsp3) is 0.0476. The topological polar surface area (TPSA) is 25.2 Å². The van der Waals surface area contributed by atoms with Crippen molar-refractivity contribution in [3.05, 3.63) is 94.0 Å². The lowest BCUT2D eigenvalue weighted by Gasteiger charge is -2.06. The molecular formula is C21H14Cl2N2S. The SMILES string of the molecule is Clc1ccc(-c2cc(=NCc3ccccn3)c3cc(Cl)ccc3s2)cc1. The molecule has 4 aromatic rings. The maximum absolute atomic E-state index is 6.22. The van der Waals surface area contributed by atoms with Crippen molar-refractivity contribution < 1.29 is 0 Å². The quantitative estimate of drug-likeness (QED) is 0.394. The minimum absolute atomic E-state index is 0.525. The van der Waals surface area contributed by atoms with Gasteiger partial charge >= 0.3 is 0 Å². The summed E-state index contributed by atoms with van der Waals surface area (Å²) in [6, 6.07) is 21.7. The predicted molar refractivity (Wildman–Crippen MR) is 111 cm³/mol. The molecule has 0 unspecified atom stereocenters. The van der Waals surface area contributed by atoms with E-state index in [9.17, 15) is 0 Å². The maximum atomic E-state index is 6.22. The monoisotopic (exact) mass is 396 g/mol. The van der Waals surface area contributed by atoms with E-state index in [1.165, 1.54) is 0 Å². The van der Waals surface area contributed by atoms with E-state index in [1.54, 1.807) is 17.5 Å². The van der Waals surface area contributed by atoms with Gasteiger partial charge in [-0.25, -0.2) is 0 Å². The van der Waals surface area contributed by atoms with Crippen LogP contribution in [0.15, 0.2) is 77.9 Å². The molecule has 0 aliphatic rings. The van der Waals surface area contributed by atoms with Crippen molar-refractivity contribution in [2.45, 2.75) is 6.54 Å². The Kier molecular flexibility index (Phi) is 5.02. The molecule has 0 spiro atoms. The molecule has 2 aromatic heterocycles. The number of benzene rings is 2. The molecule has 0 saturated carbocycles. The number of pyridine rings is 1. The number of hydrogen-bond donors (Lipinski definition) is 0. The first-order valence-corrected chi connectivity index (χ1v) is 9.66. The number of fused-ring (bicyclic) bond motifs is 1. The average molecular weight is 397 g/mol. The zero-order valence-electron chi connectivity index (χ0n) is 13.7. The van der Waals surface area contributed by atoms with Crippen LogP contribution in [-0.2, 0) is 6.54 Å². The Morgan fingerprint density at radius 1 is 0.885 bits per heavy atom. The second kappa shape index (κ2) is 7.58. The zero-order valence-corrected chi connectivity index (χ0v) is 16.0. The summed E-state index contributed by atoms with van der Waals surface area (Å²) in [6.45, 7) is 0.525. The Morgan fingerprint density at radius 2 is 1.69 bits per heavy atom. The van der Waals surface area contributed by atoms with E-state index < -0.39 is 0 Å². The van der Waals surface area contributed by atoms with Gasteiger partial charge in [0.25, 0.3) is 0 Å². The third kappa shape index (κ3) is 3.80. The van der Waals surface area contributed by atoms with Crippen LogP contribution in [0.5, 0.6) is 0 Å². The number of hydrogen-bond acceptors (Lipinski definition) is 3. The van der Waals surface area contributed by atoms with Crippen LogP contribution in [0.1, 0.15) is 5.69 Å². The van der Waals surface area contributed by atoms with Crippen LogP contribution in [0.3, 0.4) is 0 Å². The Bertz CT molecular complexity index is 1120. The van der Waals surface area contributed by atoms with Crippen LogP contribution in [0.25, 0.3) is 20.5 Å². The van der Waals surface area contributed by atoms with Crippen molar-refractivity contribution in [2.24, 2.45) is 4.99 Å². The molecule has 128 valence electrons. The van der Waals surface area contributed by atoms with Crippen LogP contribution in [0, 0.1) is 0 Å². The van der Waals surface area contributed by atoms with Crippen molar-refractivity contribution in [3.8, 4) is 10.4 Å². The van der Waals surface area contributed by atoms with Gasteiger partial charge in [0.05, 0.1) is 17.6 Å². The van der Waals surface area contributed by atoms with E-state index in [1.807, 2.05) is 60.7 Å². The van der Waals surface area contributed by atoms with E-state index in [2.05, 4.69) is 11.1 Å². The van der Waals surface area contributed by atoms with Crippen molar-refractivity contribution >= 4 is 44.6 Å². The van der Waals surface area contributed by atoms with Crippen LogP contribution >= 0.6 is 34.5 Å². The lowest BCUT2D eigenvalue weighted by atomic mass is 10.1. The fourth-order valence-corrected chi connectivity index (χ4v) is 4.06. The van der Waals surface area contributed by atoms with Gasteiger partial charge < -0.3 is 0 Å². The standard InChI is InChI=1S/C21H14Cl2N2S/c22-15-6-4-14(5-7-15)21-12-19(25-13-17-3-1-2-10-24-17)18-11-16(23)8-9-20(18)26-21/h1-12H,13H2. The molecule has 0 bridgehead atoms. The highest BCUT2D eigenvalue weighted by atomic mass is 35.5. The molecular weight excluding hydrogens is 383 g/mol. The van der Waals surface area contributed by atoms with Gasteiger partial charge in [-0.3, -0.25) is 9.98 Å². The summed E-state index contributed by atoms with van der Waals surface area (Å²) in [5.74, 6) is 0. The van der Waals surface area contributed by atoms with Crippen LogP contribution in [0.2, 0.25) is 10.0 Å². The summed E-state index contributed by atoms with van der Waals surface area (Å²) in [5.41, 5.74) is 2.05. The Morgan fingerprint density at radius 3 is 2.46 bits per heavy atom. The van der Waals surface area contributed by atoms with Gasteiger partial charge in [0.15, 0.2) is 0 Å². The third-order valence-corrected chi connectivity index (χ3v) is 5.61. The molecule has 26 heavy (non-hydrogen) atoms. The number of nitrogens with zero attached hydrogens (tertiary/aromatic N) is 2. The van der Waals surface area contributed by atoms with Gasteiger partial charge in [0, 0.05) is 31.2 Å². The molecule has 0 amide bonds. The largest absolute Gasteiger partial charge is 0.278 e.